The highest BCUT2D eigenvalue weighted by Crippen LogP contribution is 2.34. The van der Waals surface area contributed by atoms with Crippen LogP contribution in [-0.2, 0) is 4.79 Å². The number of benzene rings is 2. The van der Waals surface area contributed by atoms with Gasteiger partial charge in [0.1, 0.15) is 0 Å². The van der Waals surface area contributed by atoms with Crippen molar-refractivity contribution in [2.45, 2.75) is 26.7 Å². The van der Waals surface area contributed by atoms with Crippen LogP contribution in [0.25, 0.3) is 6.08 Å². The molecule has 1 N–H and O–H groups in total. The second kappa shape index (κ2) is 10.5. The summed E-state index contributed by atoms with van der Waals surface area (Å²) in [5.74, 6) is 0.476. The second-order valence-corrected chi connectivity index (χ2v) is 8.61. The topological polar surface area (TPSA) is 67.9 Å². The SMILES string of the molecule is CCCCOc1ccc(/C=C2\SC(=S)N(NC(=O)c3ccc(C)cc3)C2=O)cc1OC. The van der Waals surface area contributed by atoms with Crippen LogP contribution in [0.5, 0.6) is 11.5 Å². The molecule has 2 aromatic carbocycles. The van der Waals surface area contributed by atoms with Crippen molar-refractivity contribution in [3.63, 3.8) is 0 Å². The van der Waals surface area contributed by atoms with E-state index in [1.807, 2.05) is 31.2 Å². The molecule has 1 saturated heterocycles. The van der Waals surface area contributed by atoms with Crippen LogP contribution in [0.1, 0.15) is 41.3 Å². The van der Waals surface area contributed by atoms with E-state index in [0.29, 0.717) is 28.6 Å². The number of nitrogens with one attached hydrogen (secondary N) is 1. The summed E-state index contributed by atoms with van der Waals surface area (Å²) in [6.45, 7) is 4.65. The zero-order valence-electron chi connectivity index (χ0n) is 17.6. The average Bonchev–Trinajstić information content (AvgIpc) is 3.02. The summed E-state index contributed by atoms with van der Waals surface area (Å²) in [6.07, 6.45) is 3.72. The molecule has 2 aromatic rings. The number of amides is 2. The normalized spacial score (nSPS) is 14.8. The van der Waals surface area contributed by atoms with Gasteiger partial charge in [0, 0.05) is 5.56 Å². The number of ether oxygens (including phenoxy) is 2. The van der Waals surface area contributed by atoms with Crippen molar-refractivity contribution in [1.29, 1.82) is 0 Å². The molecule has 0 aliphatic carbocycles. The number of hydrazine groups is 1. The lowest BCUT2D eigenvalue weighted by Gasteiger charge is -2.15. The lowest BCUT2D eigenvalue weighted by atomic mass is 10.1. The van der Waals surface area contributed by atoms with Gasteiger partial charge >= 0.3 is 0 Å². The molecule has 0 atom stereocenters. The number of hydrogen-bond acceptors (Lipinski definition) is 6. The predicted molar refractivity (Wildman–Crippen MR) is 127 cm³/mol. The third-order valence-electron chi connectivity index (χ3n) is 4.56. The van der Waals surface area contributed by atoms with Crippen molar-refractivity contribution in [2.24, 2.45) is 0 Å². The molecule has 1 aliphatic heterocycles. The van der Waals surface area contributed by atoms with Gasteiger partial charge in [0.25, 0.3) is 11.8 Å². The lowest BCUT2D eigenvalue weighted by molar-refractivity contribution is -0.123. The van der Waals surface area contributed by atoms with E-state index in [9.17, 15) is 9.59 Å². The number of rotatable bonds is 8. The number of hydrogen-bond donors (Lipinski definition) is 1. The molecule has 0 aromatic heterocycles. The van der Waals surface area contributed by atoms with Crippen LogP contribution in [0.15, 0.2) is 47.4 Å². The monoisotopic (exact) mass is 456 g/mol. The fraction of sp³-hybridized carbons (Fsp3) is 0.261. The highest BCUT2D eigenvalue weighted by molar-refractivity contribution is 8.26. The van der Waals surface area contributed by atoms with Gasteiger partial charge in [0.15, 0.2) is 15.8 Å². The van der Waals surface area contributed by atoms with Crippen LogP contribution in [0.3, 0.4) is 0 Å². The number of thioether (sulfide) groups is 1. The Morgan fingerprint density at radius 2 is 1.94 bits per heavy atom. The van der Waals surface area contributed by atoms with Gasteiger partial charge in [-0.3, -0.25) is 15.0 Å². The third kappa shape index (κ3) is 5.65. The highest BCUT2D eigenvalue weighted by atomic mass is 32.2. The van der Waals surface area contributed by atoms with Crippen LogP contribution >= 0.6 is 24.0 Å². The summed E-state index contributed by atoms with van der Waals surface area (Å²) in [4.78, 5) is 25.7. The van der Waals surface area contributed by atoms with Gasteiger partial charge in [-0.05, 0) is 61.5 Å². The minimum atomic E-state index is -0.396. The third-order valence-corrected chi connectivity index (χ3v) is 5.86. The standard InChI is InChI=1S/C23H24N2O4S2/c1-4-5-12-29-18-11-8-16(13-19(18)28-3)14-20-22(27)25(23(30)31-20)24-21(26)17-9-6-15(2)7-10-17/h6-11,13-14H,4-5,12H2,1-3H3,(H,24,26)/b20-14-. The van der Waals surface area contributed by atoms with Crippen LogP contribution in [0, 0.1) is 6.92 Å². The van der Waals surface area contributed by atoms with Crippen molar-refractivity contribution in [2.75, 3.05) is 13.7 Å². The minimum Gasteiger partial charge on any atom is -0.493 e. The number of thiocarbonyl (C=S) groups is 1. The Morgan fingerprint density at radius 3 is 2.61 bits per heavy atom. The molecule has 6 nitrogen and oxygen atoms in total. The number of carbonyl (C=O) groups is 2. The first-order valence-electron chi connectivity index (χ1n) is 9.89. The first-order valence-corrected chi connectivity index (χ1v) is 11.1. The van der Waals surface area contributed by atoms with Gasteiger partial charge < -0.3 is 9.47 Å². The number of unbranched alkanes of at least 4 members (excludes halogenated alkanes) is 1. The zero-order valence-corrected chi connectivity index (χ0v) is 19.3. The quantitative estimate of drug-likeness (QED) is 0.352. The largest absolute Gasteiger partial charge is 0.493 e. The van der Waals surface area contributed by atoms with E-state index >= 15 is 0 Å². The molecule has 162 valence electrons. The minimum absolute atomic E-state index is 0.267. The molecule has 0 bridgehead atoms. The lowest BCUT2D eigenvalue weighted by Crippen LogP contribution is -2.44. The second-order valence-electron chi connectivity index (χ2n) is 6.94. The first kappa shape index (κ1) is 22.8. The molecule has 1 aliphatic rings. The van der Waals surface area contributed by atoms with Crippen LogP contribution in [0.4, 0.5) is 0 Å². The molecule has 2 amide bonds. The highest BCUT2D eigenvalue weighted by Gasteiger charge is 2.33. The van der Waals surface area contributed by atoms with E-state index < -0.39 is 5.91 Å². The summed E-state index contributed by atoms with van der Waals surface area (Å²) >= 11 is 6.43. The van der Waals surface area contributed by atoms with Crippen molar-refractivity contribution >= 4 is 46.2 Å². The van der Waals surface area contributed by atoms with Gasteiger partial charge in [-0.1, -0.05) is 48.9 Å². The first-order chi connectivity index (χ1) is 14.9. The fourth-order valence-corrected chi connectivity index (χ4v) is 3.99. The van der Waals surface area contributed by atoms with E-state index in [4.69, 9.17) is 21.7 Å². The van der Waals surface area contributed by atoms with Gasteiger partial charge in [-0.2, -0.15) is 5.01 Å². The molecule has 1 heterocycles. The Morgan fingerprint density at radius 1 is 1.19 bits per heavy atom. The Balaban J connectivity index is 1.73. The van der Waals surface area contributed by atoms with Gasteiger partial charge in [-0.25, -0.2) is 0 Å². The fourth-order valence-electron chi connectivity index (χ4n) is 2.81. The molecule has 0 saturated carbocycles. The van der Waals surface area contributed by atoms with Gasteiger partial charge in [0.2, 0.25) is 0 Å². The number of methoxy groups -OCH3 is 1. The molecular weight excluding hydrogens is 432 g/mol. The predicted octanol–water partition coefficient (Wildman–Crippen LogP) is 4.73. The molecular formula is C23H24N2O4S2. The van der Waals surface area contributed by atoms with Crippen LogP contribution in [0.2, 0.25) is 0 Å². The number of carbonyl (C=O) groups excluding carboxylic acids is 2. The Bertz CT molecular complexity index is 1020. The van der Waals surface area contributed by atoms with Crippen molar-refractivity contribution in [3.8, 4) is 11.5 Å². The smallest absolute Gasteiger partial charge is 0.285 e. The van der Waals surface area contributed by atoms with Gasteiger partial charge in [0.05, 0.1) is 18.6 Å². The van der Waals surface area contributed by atoms with E-state index in [2.05, 4.69) is 12.3 Å². The Kier molecular flexibility index (Phi) is 7.70. The zero-order chi connectivity index (χ0) is 22.4. The van der Waals surface area contributed by atoms with E-state index in [-0.39, 0.29) is 10.2 Å². The summed E-state index contributed by atoms with van der Waals surface area (Å²) < 4.78 is 11.4. The summed E-state index contributed by atoms with van der Waals surface area (Å²) in [5.41, 5.74) is 4.85. The molecule has 0 spiro atoms. The maximum Gasteiger partial charge on any atom is 0.285 e. The van der Waals surface area contributed by atoms with Crippen LogP contribution in [-0.4, -0.2) is 34.9 Å². The number of nitrogens with zero attached hydrogens (tertiary/aromatic N) is 1. The van der Waals surface area contributed by atoms with Crippen molar-refractivity contribution in [3.05, 3.63) is 64.1 Å². The molecule has 0 unspecified atom stereocenters. The summed E-state index contributed by atoms with van der Waals surface area (Å²) in [7, 11) is 1.58. The number of aryl methyl sites for hydroxylation is 1. The van der Waals surface area contributed by atoms with E-state index in [1.165, 1.54) is 0 Å². The summed E-state index contributed by atoms with van der Waals surface area (Å²) in [5, 5.41) is 1.10. The van der Waals surface area contributed by atoms with Gasteiger partial charge in [-0.15, -0.1) is 0 Å². The summed E-state index contributed by atoms with van der Waals surface area (Å²) in [6, 6.07) is 12.5. The molecule has 31 heavy (non-hydrogen) atoms. The van der Waals surface area contributed by atoms with E-state index in [0.717, 1.165) is 40.7 Å². The molecule has 3 rings (SSSR count). The Hall–Kier alpha value is -2.84. The van der Waals surface area contributed by atoms with E-state index in [1.54, 1.807) is 31.4 Å². The molecule has 0 radical (unpaired) electrons. The van der Waals surface area contributed by atoms with Crippen molar-refractivity contribution < 1.29 is 19.1 Å². The maximum atomic E-state index is 12.8. The Labute approximate surface area is 191 Å². The van der Waals surface area contributed by atoms with Crippen molar-refractivity contribution in [1.82, 2.24) is 10.4 Å². The van der Waals surface area contributed by atoms with Crippen LogP contribution < -0.4 is 14.9 Å². The maximum absolute atomic E-state index is 12.8. The molecule has 1 fully saturated rings. The molecule has 8 heteroatoms. The average molecular weight is 457 g/mol.